The van der Waals surface area contributed by atoms with Gasteiger partial charge in [-0.1, -0.05) is 11.6 Å². The Bertz CT molecular complexity index is 515. The molecule has 0 heterocycles. The van der Waals surface area contributed by atoms with Gasteiger partial charge in [-0.3, -0.25) is 0 Å². The summed E-state index contributed by atoms with van der Waals surface area (Å²) in [4.78, 5) is 0.272. The summed E-state index contributed by atoms with van der Waals surface area (Å²) in [7, 11) is -0.0837. The molecule has 0 amide bonds. The molecule has 0 atom stereocenters. The average Bonchev–Trinajstić information content (AvgIpc) is 2.30. The van der Waals surface area contributed by atoms with E-state index in [1.165, 1.54) is 10.4 Å². The van der Waals surface area contributed by atoms with Crippen LogP contribution in [0.2, 0.25) is 5.02 Å². The van der Waals surface area contributed by atoms with E-state index in [2.05, 4.69) is 5.32 Å². The maximum atomic E-state index is 12.3. The molecule has 1 rings (SSSR count). The van der Waals surface area contributed by atoms with E-state index >= 15 is 0 Å². The Labute approximate surface area is 114 Å². The van der Waals surface area contributed by atoms with Gasteiger partial charge in [0.15, 0.2) is 0 Å². The molecule has 0 saturated carbocycles. The van der Waals surface area contributed by atoms with E-state index in [0.29, 0.717) is 11.6 Å². The van der Waals surface area contributed by atoms with Gasteiger partial charge in [0.1, 0.15) is 0 Å². The molecule has 0 spiro atoms. The van der Waals surface area contributed by atoms with Gasteiger partial charge in [-0.25, -0.2) is 8.42 Å². The van der Waals surface area contributed by atoms with E-state index in [4.69, 9.17) is 11.6 Å². The molecule has 0 aromatic heterocycles. The van der Waals surface area contributed by atoms with Gasteiger partial charge in [-0.15, -0.1) is 0 Å². The topological polar surface area (TPSA) is 49.4 Å². The summed E-state index contributed by atoms with van der Waals surface area (Å²) in [5, 5.41) is 3.53. The van der Waals surface area contributed by atoms with E-state index in [1.807, 2.05) is 13.8 Å². The highest BCUT2D eigenvalue weighted by atomic mass is 35.5. The van der Waals surface area contributed by atoms with Crippen molar-refractivity contribution in [1.82, 2.24) is 9.62 Å². The maximum absolute atomic E-state index is 12.3. The minimum absolute atomic E-state index is 0.0848. The Hall–Kier alpha value is -0.620. The number of benzene rings is 1. The fourth-order valence-corrected chi connectivity index (χ4v) is 3.08. The van der Waals surface area contributed by atoms with Crippen LogP contribution in [0.5, 0.6) is 0 Å². The predicted octanol–water partition coefficient (Wildman–Crippen LogP) is 2.09. The SMILES string of the molecule is CNCc1cc(S(=O)(=O)N(C)C(C)C)ccc1Cl. The van der Waals surface area contributed by atoms with Gasteiger partial charge in [-0.05, 0) is 44.7 Å². The summed E-state index contributed by atoms with van der Waals surface area (Å²) >= 11 is 6.02. The lowest BCUT2D eigenvalue weighted by Gasteiger charge is -2.21. The number of rotatable bonds is 5. The summed E-state index contributed by atoms with van der Waals surface area (Å²) in [6.45, 7) is 4.21. The zero-order chi connectivity index (χ0) is 13.9. The number of hydrogen-bond donors (Lipinski definition) is 1. The van der Waals surface area contributed by atoms with Gasteiger partial charge in [0.05, 0.1) is 4.90 Å². The van der Waals surface area contributed by atoms with Crippen LogP contribution in [-0.2, 0) is 16.6 Å². The summed E-state index contributed by atoms with van der Waals surface area (Å²) < 4.78 is 26.0. The lowest BCUT2D eigenvalue weighted by atomic mass is 10.2. The molecule has 18 heavy (non-hydrogen) atoms. The number of halogens is 1. The summed E-state index contributed by atoms with van der Waals surface area (Å²) in [6, 6.07) is 4.69. The van der Waals surface area contributed by atoms with E-state index < -0.39 is 10.0 Å². The van der Waals surface area contributed by atoms with Crippen molar-refractivity contribution in [1.29, 1.82) is 0 Å². The van der Waals surface area contributed by atoms with Crippen molar-refractivity contribution in [2.45, 2.75) is 31.3 Å². The Morgan fingerprint density at radius 3 is 2.50 bits per heavy atom. The van der Waals surface area contributed by atoms with E-state index in [0.717, 1.165) is 5.56 Å². The van der Waals surface area contributed by atoms with Gasteiger partial charge >= 0.3 is 0 Å². The molecule has 0 bridgehead atoms. The molecule has 6 heteroatoms. The average molecular weight is 291 g/mol. The monoisotopic (exact) mass is 290 g/mol. The van der Waals surface area contributed by atoms with Crippen molar-refractivity contribution < 1.29 is 8.42 Å². The van der Waals surface area contributed by atoms with Crippen LogP contribution in [-0.4, -0.2) is 32.9 Å². The highest BCUT2D eigenvalue weighted by molar-refractivity contribution is 7.89. The molecule has 102 valence electrons. The summed E-state index contributed by atoms with van der Waals surface area (Å²) in [6.07, 6.45) is 0. The quantitative estimate of drug-likeness (QED) is 0.903. The van der Waals surface area contributed by atoms with Gasteiger partial charge in [0.2, 0.25) is 10.0 Å². The van der Waals surface area contributed by atoms with Crippen LogP contribution in [0.15, 0.2) is 23.1 Å². The molecule has 0 radical (unpaired) electrons. The fourth-order valence-electron chi connectivity index (χ4n) is 1.48. The van der Waals surface area contributed by atoms with Gasteiger partial charge < -0.3 is 5.32 Å². The van der Waals surface area contributed by atoms with Crippen LogP contribution >= 0.6 is 11.6 Å². The molecule has 0 fully saturated rings. The molecule has 4 nitrogen and oxygen atoms in total. The first-order chi connectivity index (χ1) is 8.30. The first kappa shape index (κ1) is 15.4. The van der Waals surface area contributed by atoms with Crippen molar-refractivity contribution in [3.8, 4) is 0 Å². The van der Waals surface area contributed by atoms with Crippen molar-refractivity contribution in [3.05, 3.63) is 28.8 Å². The van der Waals surface area contributed by atoms with E-state index in [1.54, 1.807) is 26.2 Å². The first-order valence-corrected chi connectivity index (χ1v) is 7.53. The third kappa shape index (κ3) is 3.23. The minimum atomic E-state index is -3.45. The molecule has 1 aromatic rings. The largest absolute Gasteiger partial charge is 0.316 e. The minimum Gasteiger partial charge on any atom is -0.316 e. The maximum Gasteiger partial charge on any atom is 0.243 e. The summed E-state index contributed by atoms with van der Waals surface area (Å²) in [5.41, 5.74) is 0.775. The number of nitrogens with one attached hydrogen (secondary N) is 1. The van der Waals surface area contributed by atoms with Gasteiger partial charge in [-0.2, -0.15) is 4.31 Å². The van der Waals surface area contributed by atoms with Crippen LogP contribution in [0.1, 0.15) is 19.4 Å². The first-order valence-electron chi connectivity index (χ1n) is 5.71. The number of hydrogen-bond acceptors (Lipinski definition) is 3. The highest BCUT2D eigenvalue weighted by Gasteiger charge is 2.23. The molecule has 0 saturated heterocycles. The lowest BCUT2D eigenvalue weighted by molar-refractivity contribution is 0.410. The molecule has 0 aliphatic carbocycles. The highest BCUT2D eigenvalue weighted by Crippen LogP contribution is 2.23. The molecular weight excluding hydrogens is 272 g/mol. The van der Waals surface area contributed by atoms with Crippen LogP contribution in [0.3, 0.4) is 0 Å². The number of nitrogens with zero attached hydrogens (tertiary/aromatic N) is 1. The standard InChI is InChI=1S/C12H19ClN2O2S/c1-9(2)15(4)18(16,17)11-5-6-12(13)10(7-11)8-14-3/h5-7,9,14H,8H2,1-4H3. The molecule has 0 aliphatic heterocycles. The van der Waals surface area contributed by atoms with Crippen LogP contribution in [0.4, 0.5) is 0 Å². The second-order valence-electron chi connectivity index (χ2n) is 4.40. The van der Waals surface area contributed by atoms with Crippen LogP contribution < -0.4 is 5.32 Å². The van der Waals surface area contributed by atoms with Crippen molar-refractivity contribution >= 4 is 21.6 Å². The molecule has 1 N–H and O–H groups in total. The third-order valence-corrected chi connectivity index (χ3v) is 5.19. The normalized spacial score (nSPS) is 12.4. The zero-order valence-electron chi connectivity index (χ0n) is 11.1. The van der Waals surface area contributed by atoms with Crippen molar-refractivity contribution in [3.63, 3.8) is 0 Å². The fraction of sp³-hybridized carbons (Fsp3) is 0.500. The van der Waals surface area contributed by atoms with E-state index in [9.17, 15) is 8.42 Å². The molecule has 1 aromatic carbocycles. The molecule has 0 aliphatic rings. The Balaban J connectivity index is 3.21. The molecule has 0 unspecified atom stereocenters. The second kappa shape index (κ2) is 6.02. The molecular formula is C12H19ClN2O2S. The number of sulfonamides is 1. The lowest BCUT2D eigenvalue weighted by Crippen LogP contribution is -2.33. The Kier molecular flexibility index (Phi) is 5.16. The van der Waals surface area contributed by atoms with Crippen LogP contribution in [0, 0.1) is 0 Å². The Morgan fingerprint density at radius 1 is 1.39 bits per heavy atom. The summed E-state index contributed by atoms with van der Waals surface area (Å²) in [5.74, 6) is 0. The third-order valence-electron chi connectivity index (χ3n) is 2.79. The predicted molar refractivity (Wildman–Crippen MR) is 74.3 cm³/mol. The van der Waals surface area contributed by atoms with E-state index in [-0.39, 0.29) is 10.9 Å². The van der Waals surface area contributed by atoms with Crippen molar-refractivity contribution in [2.24, 2.45) is 0 Å². The van der Waals surface area contributed by atoms with Crippen molar-refractivity contribution in [2.75, 3.05) is 14.1 Å². The van der Waals surface area contributed by atoms with Gasteiger partial charge in [0, 0.05) is 24.7 Å². The Morgan fingerprint density at radius 2 is 2.00 bits per heavy atom. The smallest absolute Gasteiger partial charge is 0.243 e. The van der Waals surface area contributed by atoms with Crippen LogP contribution in [0.25, 0.3) is 0 Å². The second-order valence-corrected chi connectivity index (χ2v) is 6.80. The zero-order valence-corrected chi connectivity index (χ0v) is 12.6. The van der Waals surface area contributed by atoms with Gasteiger partial charge in [0.25, 0.3) is 0 Å².